The van der Waals surface area contributed by atoms with Crippen molar-refractivity contribution >= 4 is 89.6 Å². The number of Topliss-reactive ketones (excluding diaryl/α,β-unsaturated/α-hetero) is 2. The Bertz CT molecular complexity index is 1490. The van der Waals surface area contributed by atoms with Crippen LogP contribution in [-0.2, 0) is 9.59 Å². The van der Waals surface area contributed by atoms with Gasteiger partial charge in [0.2, 0.25) is 10.1 Å². The van der Waals surface area contributed by atoms with E-state index in [4.69, 9.17) is 28.2 Å². The highest BCUT2D eigenvalue weighted by Gasteiger charge is 2.51. The highest BCUT2D eigenvalue weighted by Crippen LogP contribution is 2.43. The maximum atomic E-state index is 13.4. The smallest absolute Gasteiger partial charge is 0.241 e. The van der Waals surface area contributed by atoms with Gasteiger partial charge in [-0.3, -0.25) is 9.59 Å². The van der Waals surface area contributed by atoms with Gasteiger partial charge in [0.1, 0.15) is 0 Å². The number of carbonyl (C=O) groups is 2. The zero-order valence-electron chi connectivity index (χ0n) is 19.1. The van der Waals surface area contributed by atoms with E-state index in [1.54, 1.807) is 41.4 Å². The van der Waals surface area contributed by atoms with Gasteiger partial charge in [0.05, 0.1) is 21.6 Å². The van der Waals surface area contributed by atoms with Crippen LogP contribution in [-0.4, -0.2) is 26.6 Å². The minimum absolute atomic E-state index is 0.188. The van der Waals surface area contributed by atoms with E-state index in [1.807, 2.05) is 36.4 Å². The molecule has 7 nitrogen and oxygen atoms in total. The number of hydrogen-bond acceptors (Lipinski definition) is 9. The molecule has 0 aliphatic carbocycles. The van der Waals surface area contributed by atoms with Crippen LogP contribution in [0.4, 0.5) is 16.5 Å². The van der Waals surface area contributed by atoms with Crippen LogP contribution in [0.1, 0.15) is 13.8 Å². The summed E-state index contributed by atoms with van der Waals surface area (Å²) in [6.07, 6.45) is 0. The first-order valence-corrected chi connectivity index (χ1v) is 13.2. The lowest BCUT2D eigenvalue weighted by atomic mass is 10.2. The van der Waals surface area contributed by atoms with Crippen LogP contribution in [0.15, 0.2) is 77.9 Å². The summed E-state index contributed by atoms with van der Waals surface area (Å²) in [7, 11) is 0. The molecular weight excluding hydrogens is 537 g/mol. The second-order valence-electron chi connectivity index (χ2n) is 7.95. The average Bonchev–Trinajstić information content (AvgIpc) is 3.45. The number of fused-ring (bicyclic) bond motifs is 1. The molecule has 0 amide bonds. The molecule has 1 atom stereocenters. The predicted octanol–water partition coefficient (Wildman–Crippen LogP) is 6.64. The number of hydrogen-bond donors (Lipinski definition) is 1. The Hall–Kier alpha value is -2.95. The number of benzene rings is 3. The fourth-order valence-corrected chi connectivity index (χ4v) is 6.05. The van der Waals surface area contributed by atoms with Crippen molar-refractivity contribution in [3.63, 3.8) is 0 Å². The number of aromatic nitrogens is 1. The van der Waals surface area contributed by atoms with Gasteiger partial charge in [-0.05, 0) is 67.2 Å². The molecule has 5 rings (SSSR count). The molecule has 36 heavy (non-hydrogen) atoms. The van der Waals surface area contributed by atoms with E-state index in [0.29, 0.717) is 26.6 Å². The normalized spacial score (nSPS) is 17.3. The third-order valence-corrected chi connectivity index (χ3v) is 8.27. The molecule has 3 aromatic carbocycles. The average molecular weight is 557 g/mol. The van der Waals surface area contributed by atoms with Gasteiger partial charge in [-0.1, -0.05) is 58.8 Å². The van der Waals surface area contributed by atoms with E-state index in [0.717, 1.165) is 22.0 Å². The number of thiazole rings is 1. The van der Waals surface area contributed by atoms with Crippen LogP contribution in [0, 0.1) is 0 Å². The SMILES string of the molecule is CC(=O)C1=NN(c2cccc(Cl)c2)C(NN(c2cccc(Cl)c2)c2nc3ccccc3s2)(C(C)=O)S1. The molecule has 0 fully saturated rings. The van der Waals surface area contributed by atoms with Crippen LogP contribution < -0.4 is 15.4 Å². The van der Waals surface area contributed by atoms with Crippen molar-refractivity contribution in [3.05, 3.63) is 82.8 Å². The molecule has 1 unspecified atom stereocenters. The summed E-state index contributed by atoms with van der Waals surface area (Å²) < 4.78 is 0.977. The molecule has 1 aliphatic rings. The summed E-state index contributed by atoms with van der Waals surface area (Å²) in [4.78, 5) is 29.1. The Morgan fingerprint density at radius 1 is 0.972 bits per heavy atom. The zero-order chi connectivity index (χ0) is 25.4. The van der Waals surface area contributed by atoms with E-state index < -0.39 is 4.99 Å². The summed E-state index contributed by atoms with van der Waals surface area (Å²) in [5.74, 6) is -0.535. The van der Waals surface area contributed by atoms with Crippen molar-refractivity contribution in [2.24, 2.45) is 5.10 Å². The fourth-order valence-electron chi connectivity index (χ4n) is 3.67. The van der Waals surface area contributed by atoms with Gasteiger partial charge in [0.25, 0.3) is 0 Å². The first-order valence-electron chi connectivity index (χ1n) is 10.8. The summed E-state index contributed by atoms with van der Waals surface area (Å²) in [5.41, 5.74) is 5.37. The molecular formula is C25H19Cl2N5O2S2. The molecule has 1 aromatic heterocycles. The Labute approximate surface area is 225 Å². The number of halogens is 2. The summed E-state index contributed by atoms with van der Waals surface area (Å²) >= 11 is 15.1. The first kappa shape index (κ1) is 24.7. The molecule has 0 radical (unpaired) electrons. The quantitative estimate of drug-likeness (QED) is 0.256. The molecule has 11 heteroatoms. The van der Waals surface area contributed by atoms with Crippen molar-refractivity contribution < 1.29 is 9.59 Å². The summed E-state index contributed by atoms with van der Waals surface area (Å²) in [5, 5.41) is 9.49. The first-order chi connectivity index (χ1) is 17.3. The number of thioether (sulfide) groups is 1. The van der Waals surface area contributed by atoms with Crippen molar-refractivity contribution in [1.29, 1.82) is 0 Å². The topological polar surface area (TPSA) is 77.9 Å². The molecule has 182 valence electrons. The van der Waals surface area contributed by atoms with Gasteiger partial charge in [-0.2, -0.15) is 10.5 Å². The minimum atomic E-state index is -1.51. The minimum Gasteiger partial charge on any atom is -0.295 e. The van der Waals surface area contributed by atoms with Gasteiger partial charge in [-0.25, -0.2) is 15.0 Å². The van der Waals surface area contributed by atoms with Crippen LogP contribution in [0.3, 0.4) is 0 Å². The Morgan fingerprint density at radius 3 is 2.36 bits per heavy atom. The van der Waals surface area contributed by atoms with E-state index in [-0.39, 0.29) is 16.6 Å². The maximum absolute atomic E-state index is 13.4. The molecule has 1 N–H and O–H groups in total. The third-order valence-electron chi connectivity index (χ3n) is 5.37. The van der Waals surface area contributed by atoms with Gasteiger partial charge in [0, 0.05) is 17.0 Å². The number of rotatable bonds is 7. The largest absolute Gasteiger partial charge is 0.295 e. The van der Waals surface area contributed by atoms with Gasteiger partial charge >= 0.3 is 0 Å². The molecule has 0 saturated heterocycles. The molecule has 4 aromatic rings. The maximum Gasteiger partial charge on any atom is 0.241 e. The lowest BCUT2D eigenvalue weighted by molar-refractivity contribution is -0.120. The number of nitrogens with zero attached hydrogens (tertiary/aromatic N) is 4. The Kier molecular flexibility index (Phi) is 6.76. The Balaban J connectivity index is 1.68. The molecule has 1 aliphatic heterocycles. The molecule has 0 saturated carbocycles. The molecule has 0 spiro atoms. The van der Waals surface area contributed by atoms with E-state index in [1.165, 1.54) is 30.2 Å². The standard InChI is InChI=1S/C25H19Cl2N5O2S2/c1-15(33)23-29-32(20-10-6-8-18(27)14-20)25(36-23,16(2)34)30-31(19-9-5-7-17(26)13-19)24-28-21-11-3-4-12-22(21)35-24/h3-14,30H,1-2H3. The monoisotopic (exact) mass is 555 g/mol. The number of anilines is 3. The van der Waals surface area contributed by atoms with Gasteiger partial charge in [-0.15, -0.1) is 0 Å². The number of nitrogens with one attached hydrogen (secondary N) is 1. The number of hydrazone groups is 1. The van der Waals surface area contributed by atoms with Crippen molar-refractivity contribution in [1.82, 2.24) is 10.4 Å². The lowest BCUT2D eigenvalue weighted by Gasteiger charge is -2.39. The zero-order valence-corrected chi connectivity index (χ0v) is 22.3. The summed E-state index contributed by atoms with van der Waals surface area (Å²) in [6, 6.07) is 21.9. The predicted molar refractivity (Wildman–Crippen MR) is 149 cm³/mol. The fraction of sp³-hybridized carbons (Fsp3) is 0.120. The third kappa shape index (κ3) is 4.60. The van der Waals surface area contributed by atoms with Crippen molar-refractivity contribution in [2.75, 3.05) is 10.0 Å². The number of ketones is 2. The highest BCUT2D eigenvalue weighted by atomic mass is 35.5. The van der Waals surface area contributed by atoms with E-state index in [2.05, 4.69) is 10.5 Å². The molecule has 0 bridgehead atoms. The Morgan fingerprint density at radius 2 is 1.69 bits per heavy atom. The van der Waals surface area contributed by atoms with Crippen LogP contribution in [0.25, 0.3) is 10.2 Å². The highest BCUT2D eigenvalue weighted by molar-refractivity contribution is 8.17. The van der Waals surface area contributed by atoms with Gasteiger partial charge in [0.15, 0.2) is 16.6 Å². The van der Waals surface area contributed by atoms with E-state index in [9.17, 15) is 9.59 Å². The van der Waals surface area contributed by atoms with Crippen molar-refractivity contribution in [3.8, 4) is 0 Å². The van der Waals surface area contributed by atoms with Crippen LogP contribution in [0.5, 0.6) is 0 Å². The van der Waals surface area contributed by atoms with Crippen molar-refractivity contribution in [2.45, 2.75) is 18.8 Å². The van der Waals surface area contributed by atoms with Crippen LogP contribution in [0.2, 0.25) is 10.0 Å². The number of para-hydroxylation sites is 1. The number of carbonyl (C=O) groups excluding carboxylic acids is 2. The van der Waals surface area contributed by atoms with Gasteiger partial charge < -0.3 is 0 Å². The molecule has 2 heterocycles. The second-order valence-corrected chi connectivity index (χ2v) is 11.0. The van der Waals surface area contributed by atoms with E-state index >= 15 is 0 Å². The lowest BCUT2D eigenvalue weighted by Crippen LogP contribution is -2.62. The number of hydrazine groups is 1. The second kappa shape index (κ2) is 9.84. The van der Waals surface area contributed by atoms with Crippen LogP contribution >= 0.6 is 46.3 Å². The summed E-state index contributed by atoms with van der Waals surface area (Å²) in [6.45, 7) is 2.87.